The molecular formula is C13H8ClF3N2O2. The molecule has 0 atom stereocenters. The van der Waals surface area contributed by atoms with Crippen molar-refractivity contribution in [1.29, 1.82) is 0 Å². The van der Waals surface area contributed by atoms with E-state index in [2.05, 4.69) is 10.3 Å². The molecule has 0 saturated heterocycles. The van der Waals surface area contributed by atoms with Gasteiger partial charge in [0.15, 0.2) is 0 Å². The quantitative estimate of drug-likeness (QED) is 0.887. The van der Waals surface area contributed by atoms with Gasteiger partial charge in [-0.15, -0.1) is 0 Å². The number of carbonyl (C=O) groups is 1. The van der Waals surface area contributed by atoms with Crippen LogP contribution in [0.15, 0.2) is 36.7 Å². The number of carbonyl (C=O) groups excluding carboxylic acids is 1. The Hall–Kier alpha value is -2.28. The largest absolute Gasteiger partial charge is 0.506 e. The minimum atomic E-state index is -4.55. The van der Waals surface area contributed by atoms with E-state index in [1.54, 1.807) is 0 Å². The third-order valence-corrected chi connectivity index (χ3v) is 2.86. The topological polar surface area (TPSA) is 62.2 Å². The Labute approximate surface area is 122 Å². The van der Waals surface area contributed by atoms with E-state index >= 15 is 0 Å². The van der Waals surface area contributed by atoms with Crippen LogP contribution in [0.1, 0.15) is 15.9 Å². The van der Waals surface area contributed by atoms with Gasteiger partial charge in [-0.3, -0.25) is 9.78 Å². The minimum absolute atomic E-state index is 0.0107. The van der Waals surface area contributed by atoms with Gasteiger partial charge in [0.05, 0.1) is 28.0 Å². The minimum Gasteiger partial charge on any atom is -0.506 e. The van der Waals surface area contributed by atoms with Gasteiger partial charge in [0.25, 0.3) is 5.91 Å². The molecule has 0 bridgehead atoms. The summed E-state index contributed by atoms with van der Waals surface area (Å²) in [5.74, 6) is -0.975. The normalized spacial score (nSPS) is 11.2. The number of aromatic nitrogens is 1. The van der Waals surface area contributed by atoms with Crippen molar-refractivity contribution in [3.63, 3.8) is 0 Å². The van der Waals surface area contributed by atoms with Crippen LogP contribution in [-0.2, 0) is 6.18 Å². The average molecular weight is 317 g/mol. The molecule has 0 unspecified atom stereocenters. The molecule has 0 spiro atoms. The van der Waals surface area contributed by atoms with E-state index < -0.39 is 17.6 Å². The van der Waals surface area contributed by atoms with Crippen molar-refractivity contribution in [2.24, 2.45) is 0 Å². The van der Waals surface area contributed by atoms with Gasteiger partial charge in [-0.05, 0) is 24.3 Å². The SMILES string of the molecule is O=C(Nc1cc(C(F)(F)F)ccc1Cl)c1cncc(O)c1. The van der Waals surface area contributed by atoms with Crippen molar-refractivity contribution in [3.8, 4) is 5.75 Å². The van der Waals surface area contributed by atoms with Crippen LogP contribution in [0.5, 0.6) is 5.75 Å². The number of hydrogen-bond donors (Lipinski definition) is 2. The van der Waals surface area contributed by atoms with Crippen molar-refractivity contribution < 1.29 is 23.1 Å². The fraction of sp³-hybridized carbons (Fsp3) is 0.0769. The van der Waals surface area contributed by atoms with Crippen LogP contribution >= 0.6 is 11.6 Å². The van der Waals surface area contributed by atoms with E-state index in [0.717, 1.165) is 36.7 Å². The van der Waals surface area contributed by atoms with Gasteiger partial charge < -0.3 is 10.4 Å². The number of rotatable bonds is 2. The smallest absolute Gasteiger partial charge is 0.416 e. The number of nitrogens with one attached hydrogen (secondary N) is 1. The lowest BCUT2D eigenvalue weighted by atomic mass is 10.2. The second-order valence-corrected chi connectivity index (χ2v) is 4.49. The number of halogens is 4. The molecule has 2 aromatic rings. The summed E-state index contributed by atoms with van der Waals surface area (Å²) >= 11 is 5.76. The number of pyridine rings is 1. The predicted molar refractivity (Wildman–Crippen MR) is 70.3 cm³/mol. The van der Waals surface area contributed by atoms with Crippen LogP contribution in [0.25, 0.3) is 0 Å². The molecule has 110 valence electrons. The third kappa shape index (κ3) is 3.63. The number of amides is 1. The molecule has 0 fully saturated rings. The van der Waals surface area contributed by atoms with Crippen molar-refractivity contribution in [3.05, 3.63) is 52.8 Å². The molecular weight excluding hydrogens is 309 g/mol. The van der Waals surface area contributed by atoms with Crippen molar-refractivity contribution in [1.82, 2.24) is 4.98 Å². The zero-order valence-electron chi connectivity index (χ0n) is 10.3. The van der Waals surface area contributed by atoms with Gasteiger partial charge in [0.1, 0.15) is 5.75 Å². The number of aromatic hydroxyl groups is 1. The second-order valence-electron chi connectivity index (χ2n) is 4.08. The molecule has 1 aromatic carbocycles. The molecule has 2 rings (SSSR count). The summed E-state index contributed by atoms with van der Waals surface area (Å²) in [6.45, 7) is 0. The molecule has 0 aliphatic heterocycles. The van der Waals surface area contributed by atoms with Gasteiger partial charge >= 0.3 is 6.18 Å². The highest BCUT2D eigenvalue weighted by Crippen LogP contribution is 2.34. The first-order valence-electron chi connectivity index (χ1n) is 5.59. The Balaban J connectivity index is 2.29. The standard InChI is InChI=1S/C13H8ClF3N2O2/c14-10-2-1-8(13(15,16)17)4-11(10)19-12(21)7-3-9(20)6-18-5-7/h1-6,20H,(H,19,21). The van der Waals surface area contributed by atoms with Crippen molar-refractivity contribution in [2.45, 2.75) is 6.18 Å². The summed E-state index contributed by atoms with van der Waals surface area (Å²) in [5, 5.41) is 11.4. The van der Waals surface area contributed by atoms with Crippen LogP contribution < -0.4 is 5.32 Å². The summed E-state index contributed by atoms with van der Waals surface area (Å²) < 4.78 is 37.8. The van der Waals surface area contributed by atoms with E-state index in [0.29, 0.717) is 0 Å². The maximum Gasteiger partial charge on any atom is 0.416 e. The van der Waals surface area contributed by atoms with E-state index in [9.17, 15) is 23.1 Å². The third-order valence-electron chi connectivity index (χ3n) is 2.53. The molecule has 4 nitrogen and oxygen atoms in total. The molecule has 1 amide bonds. The Morgan fingerprint density at radius 1 is 1.24 bits per heavy atom. The fourth-order valence-electron chi connectivity index (χ4n) is 1.54. The molecule has 8 heteroatoms. The summed E-state index contributed by atoms with van der Waals surface area (Å²) in [6.07, 6.45) is -2.26. The highest BCUT2D eigenvalue weighted by Gasteiger charge is 2.31. The molecule has 2 N–H and O–H groups in total. The Morgan fingerprint density at radius 3 is 2.57 bits per heavy atom. The molecule has 0 aliphatic rings. The highest BCUT2D eigenvalue weighted by atomic mass is 35.5. The summed E-state index contributed by atoms with van der Waals surface area (Å²) in [4.78, 5) is 15.5. The first-order chi connectivity index (χ1) is 9.77. The number of nitrogens with zero attached hydrogens (tertiary/aromatic N) is 1. The van der Waals surface area contributed by atoms with Crippen LogP contribution in [0.2, 0.25) is 5.02 Å². The summed E-state index contributed by atoms with van der Waals surface area (Å²) in [5.41, 5.74) is -1.13. The summed E-state index contributed by atoms with van der Waals surface area (Å²) in [6, 6.07) is 3.72. The van der Waals surface area contributed by atoms with Crippen LogP contribution in [0.4, 0.5) is 18.9 Å². The number of hydrogen-bond acceptors (Lipinski definition) is 3. The zero-order valence-corrected chi connectivity index (χ0v) is 11.0. The number of anilines is 1. The van der Waals surface area contributed by atoms with Gasteiger partial charge in [0, 0.05) is 6.20 Å². The molecule has 0 saturated carbocycles. The van der Waals surface area contributed by atoms with Crippen LogP contribution in [0, 0.1) is 0 Å². The molecule has 0 aliphatic carbocycles. The predicted octanol–water partition coefficient (Wildman–Crippen LogP) is 3.71. The Morgan fingerprint density at radius 2 is 1.95 bits per heavy atom. The average Bonchev–Trinajstić information content (AvgIpc) is 2.40. The molecule has 21 heavy (non-hydrogen) atoms. The van der Waals surface area contributed by atoms with E-state index in [-0.39, 0.29) is 22.0 Å². The monoisotopic (exact) mass is 316 g/mol. The maximum absolute atomic E-state index is 12.6. The van der Waals surface area contributed by atoms with Crippen molar-refractivity contribution in [2.75, 3.05) is 5.32 Å². The van der Waals surface area contributed by atoms with Gasteiger partial charge in [-0.1, -0.05) is 11.6 Å². The van der Waals surface area contributed by atoms with Gasteiger partial charge in [0.2, 0.25) is 0 Å². The summed E-state index contributed by atoms with van der Waals surface area (Å²) in [7, 11) is 0. The highest BCUT2D eigenvalue weighted by molar-refractivity contribution is 6.34. The molecule has 1 heterocycles. The van der Waals surface area contributed by atoms with Crippen molar-refractivity contribution >= 4 is 23.2 Å². The lowest BCUT2D eigenvalue weighted by Gasteiger charge is -2.11. The van der Waals surface area contributed by atoms with Crippen LogP contribution in [-0.4, -0.2) is 16.0 Å². The number of alkyl halides is 3. The lowest BCUT2D eigenvalue weighted by molar-refractivity contribution is -0.137. The first kappa shape index (κ1) is 15.1. The van der Waals surface area contributed by atoms with E-state index in [4.69, 9.17) is 11.6 Å². The molecule has 1 aromatic heterocycles. The molecule has 0 radical (unpaired) electrons. The van der Waals surface area contributed by atoms with E-state index in [1.165, 1.54) is 0 Å². The Bertz CT molecular complexity index is 689. The number of benzene rings is 1. The van der Waals surface area contributed by atoms with Gasteiger partial charge in [-0.2, -0.15) is 13.2 Å². The first-order valence-corrected chi connectivity index (χ1v) is 5.97. The second kappa shape index (κ2) is 5.61. The van der Waals surface area contributed by atoms with Crippen LogP contribution in [0.3, 0.4) is 0 Å². The van der Waals surface area contributed by atoms with Gasteiger partial charge in [-0.25, -0.2) is 0 Å². The zero-order chi connectivity index (χ0) is 15.6. The maximum atomic E-state index is 12.6. The lowest BCUT2D eigenvalue weighted by Crippen LogP contribution is -2.13. The van der Waals surface area contributed by atoms with E-state index in [1.807, 2.05) is 0 Å². The fourth-order valence-corrected chi connectivity index (χ4v) is 1.71. The Kier molecular flexibility index (Phi) is 4.04.